The average Bonchev–Trinajstić information content (AvgIpc) is 3.61. The van der Waals surface area contributed by atoms with Crippen molar-refractivity contribution < 1.29 is 19.1 Å². The molecule has 208 valence electrons. The third kappa shape index (κ3) is 6.46. The van der Waals surface area contributed by atoms with E-state index in [1.54, 1.807) is 34.3 Å². The van der Waals surface area contributed by atoms with E-state index in [4.69, 9.17) is 16.3 Å². The van der Waals surface area contributed by atoms with Crippen LogP contribution in [0.1, 0.15) is 68.4 Å². The fraction of sp³-hybridized carbons (Fsp3) is 0.517. The third-order valence-electron chi connectivity index (χ3n) is 7.29. The van der Waals surface area contributed by atoms with Crippen molar-refractivity contribution in [2.24, 2.45) is 5.92 Å². The maximum atomic E-state index is 14.2. The van der Waals surface area contributed by atoms with Crippen LogP contribution in [0, 0.1) is 5.92 Å². The van der Waals surface area contributed by atoms with E-state index in [1.807, 2.05) is 32.9 Å². The van der Waals surface area contributed by atoms with E-state index in [-0.39, 0.29) is 24.3 Å². The number of pyridine rings is 1. The van der Waals surface area contributed by atoms with Gasteiger partial charge in [0.25, 0.3) is 5.91 Å². The van der Waals surface area contributed by atoms with Crippen molar-refractivity contribution in [1.29, 1.82) is 0 Å². The Hall–Kier alpha value is -3.33. The van der Waals surface area contributed by atoms with Crippen molar-refractivity contribution in [1.82, 2.24) is 14.8 Å². The number of carbonyl (C=O) groups is 3. The standard InChI is InChI=1S/C29H36ClN5O4/c1-29(2,3)39-28(38)34-12-13-35(25(18-34)20-14-21(30)17-31-16-20)27(37)23-9-8-22(32-26(36)19-6-7-19)15-24(23)33-10-4-5-11-33/h8-9,14-17,19,25H,4-7,10-13,18H2,1-3H3,(H,32,36). The lowest BCUT2D eigenvalue weighted by Crippen LogP contribution is -2.53. The molecular weight excluding hydrogens is 518 g/mol. The first-order valence-corrected chi connectivity index (χ1v) is 14.1. The number of halogens is 1. The molecule has 10 heteroatoms. The number of benzene rings is 1. The van der Waals surface area contributed by atoms with Crippen LogP contribution < -0.4 is 10.2 Å². The van der Waals surface area contributed by atoms with Crippen LogP contribution >= 0.6 is 11.6 Å². The lowest BCUT2D eigenvalue weighted by Gasteiger charge is -2.42. The monoisotopic (exact) mass is 553 g/mol. The van der Waals surface area contributed by atoms with Gasteiger partial charge in [-0.3, -0.25) is 14.6 Å². The number of hydrogen-bond donors (Lipinski definition) is 1. The number of nitrogens with zero attached hydrogens (tertiary/aromatic N) is 4. The molecule has 0 bridgehead atoms. The molecule has 1 aliphatic carbocycles. The van der Waals surface area contributed by atoms with Gasteiger partial charge < -0.3 is 24.8 Å². The van der Waals surface area contributed by atoms with E-state index in [0.717, 1.165) is 50.0 Å². The zero-order valence-corrected chi connectivity index (χ0v) is 23.5. The highest BCUT2D eigenvalue weighted by molar-refractivity contribution is 6.30. The Balaban J connectivity index is 1.45. The molecule has 1 atom stereocenters. The molecule has 2 aromatic rings. The van der Waals surface area contributed by atoms with Crippen molar-refractivity contribution in [2.45, 2.75) is 58.1 Å². The molecule has 3 aliphatic rings. The van der Waals surface area contributed by atoms with Crippen LogP contribution in [-0.4, -0.2) is 71.0 Å². The molecule has 3 amide bonds. The molecule has 5 rings (SSSR count). The minimum atomic E-state index is -0.627. The normalized spacial score (nSPS) is 19.7. The van der Waals surface area contributed by atoms with Crippen LogP contribution in [0.3, 0.4) is 0 Å². The van der Waals surface area contributed by atoms with Gasteiger partial charge in [-0.1, -0.05) is 11.6 Å². The van der Waals surface area contributed by atoms with E-state index in [9.17, 15) is 14.4 Å². The Morgan fingerprint density at radius 3 is 2.44 bits per heavy atom. The second kappa shape index (κ2) is 11.0. The molecule has 3 heterocycles. The van der Waals surface area contributed by atoms with Crippen LogP contribution in [0.4, 0.5) is 16.2 Å². The number of hydrogen-bond acceptors (Lipinski definition) is 6. The first-order valence-electron chi connectivity index (χ1n) is 13.7. The van der Waals surface area contributed by atoms with Crippen LogP contribution in [0.5, 0.6) is 0 Å². The predicted molar refractivity (Wildman–Crippen MR) is 150 cm³/mol. The van der Waals surface area contributed by atoms with Crippen molar-refractivity contribution in [3.8, 4) is 0 Å². The number of piperazine rings is 1. The predicted octanol–water partition coefficient (Wildman–Crippen LogP) is 5.12. The third-order valence-corrected chi connectivity index (χ3v) is 7.50. The van der Waals surface area contributed by atoms with Gasteiger partial charge in [0.1, 0.15) is 5.60 Å². The summed E-state index contributed by atoms with van der Waals surface area (Å²) in [4.78, 5) is 49.5. The number of amides is 3. The van der Waals surface area contributed by atoms with E-state index < -0.39 is 17.7 Å². The summed E-state index contributed by atoms with van der Waals surface area (Å²) in [6, 6.07) is 6.87. The van der Waals surface area contributed by atoms with Crippen LogP contribution in [0.2, 0.25) is 5.02 Å². The summed E-state index contributed by atoms with van der Waals surface area (Å²) in [6.07, 6.45) is 6.78. The summed E-state index contributed by atoms with van der Waals surface area (Å²) < 4.78 is 5.62. The Bertz CT molecular complexity index is 1250. The van der Waals surface area contributed by atoms with Gasteiger partial charge in [-0.2, -0.15) is 0 Å². The van der Waals surface area contributed by atoms with Gasteiger partial charge in [-0.25, -0.2) is 4.79 Å². The van der Waals surface area contributed by atoms with Gasteiger partial charge in [0.2, 0.25) is 5.91 Å². The van der Waals surface area contributed by atoms with Crippen LogP contribution in [0.25, 0.3) is 0 Å². The fourth-order valence-electron chi connectivity index (χ4n) is 5.17. The van der Waals surface area contributed by atoms with Gasteiger partial charge in [0.15, 0.2) is 0 Å². The van der Waals surface area contributed by atoms with Gasteiger partial charge >= 0.3 is 6.09 Å². The number of nitrogens with one attached hydrogen (secondary N) is 1. The lowest BCUT2D eigenvalue weighted by molar-refractivity contribution is -0.117. The lowest BCUT2D eigenvalue weighted by atomic mass is 10.0. The van der Waals surface area contributed by atoms with Crippen molar-refractivity contribution in [3.63, 3.8) is 0 Å². The highest BCUT2D eigenvalue weighted by Crippen LogP contribution is 2.35. The Kier molecular flexibility index (Phi) is 7.71. The molecule has 39 heavy (non-hydrogen) atoms. The Labute approximate surface area is 234 Å². The molecule has 1 N–H and O–H groups in total. The average molecular weight is 554 g/mol. The summed E-state index contributed by atoms with van der Waals surface area (Å²) in [7, 11) is 0. The number of ether oxygens (including phenoxy) is 1. The SMILES string of the molecule is CC(C)(C)OC(=O)N1CCN(C(=O)c2ccc(NC(=O)C3CC3)cc2N2CCCC2)C(c2cncc(Cl)c2)C1. The van der Waals surface area contributed by atoms with Crippen molar-refractivity contribution in [3.05, 3.63) is 52.8 Å². The molecule has 1 aromatic carbocycles. The highest BCUT2D eigenvalue weighted by atomic mass is 35.5. The van der Waals surface area contributed by atoms with E-state index >= 15 is 0 Å². The first-order chi connectivity index (χ1) is 18.6. The Morgan fingerprint density at radius 1 is 1.03 bits per heavy atom. The molecule has 2 saturated heterocycles. The molecule has 1 saturated carbocycles. The molecular formula is C29H36ClN5O4. The van der Waals surface area contributed by atoms with Crippen molar-refractivity contribution in [2.75, 3.05) is 42.9 Å². The van der Waals surface area contributed by atoms with Crippen LogP contribution in [-0.2, 0) is 9.53 Å². The quantitative estimate of drug-likeness (QED) is 0.552. The highest BCUT2D eigenvalue weighted by Gasteiger charge is 2.37. The summed E-state index contributed by atoms with van der Waals surface area (Å²) in [5.41, 5.74) is 2.23. The summed E-state index contributed by atoms with van der Waals surface area (Å²) in [5, 5.41) is 3.48. The number of rotatable bonds is 5. The summed E-state index contributed by atoms with van der Waals surface area (Å²) >= 11 is 6.28. The number of anilines is 2. The maximum absolute atomic E-state index is 14.2. The Morgan fingerprint density at radius 2 is 1.77 bits per heavy atom. The number of carbonyl (C=O) groups excluding carboxylic acids is 3. The van der Waals surface area contributed by atoms with Gasteiger partial charge in [0, 0.05) is 56.7 Å². The molecule has 1 unspecified atom stereocenters. The summed E-state index contributed by atoms with van der Waals surface area (Å²) in [6.45, 7) is 8.15. The molecule has 3 fully saturated rings. The number of aromatic nitrogens is 1. The smallest absolute Gasteiger partial charge is 0.410 e. The maximum Gasteiger partial charge on any atom is 0.410 e. The van der Waals surface area contributed by atoms with Gasteiger partial charge in [0.05, 0.1) is 22.3 Å². The molecule has 1 aromatic heterocycles. The topological polar surface area (TPSA) is 95.1 Å². The largest absolute Gasteiger partial charge is 0.444 e. The minimum Gasteiger partial charge on any atom is -0.444 e. The first kappa shape index (κ1) is 27.2. The molecule has 2 aliphatic heterocycles. The van der Waals surface area contributed by atoms with Gasteiger partial charge in [-0.15, -0.1) is 0 Å². The molecule has 0 radical (unpaired) electrons. The van der Waals surface area contributed by atoms with Crippen molar-refractivity contribution >= 4 is 40.9 Å². The van der Waals surface area contributed by atoms with E-state index in [0.29, 0.717) is 29.4 Å². The van der Waals surface area contributed by atoms with E-state index in [1.165, 1.54) is 0 Å². The zero-order chi connectivity index (χ0) is 27.7. The molecule has 0 spiro atoms. The minimum absolute atomic E-state index is 0.0354. The van der Waals surface area contributed by atoms with Crippen LogP contribution in [0.15, 0.2) is 36.7 Å². The van der Waals surface area contributed by atoms with E-state index in [2.05, 4.69) is 15.2 Å². The molecule has 9 nitrogen and oxygen atoms in total. The summed E-state index contributed by atoms with van der Waals surface area (Å²) in [5.74, 6) is -0.00565. The fourth-order valence-corrected chi connectivity index (χ4v) is 5.35. The second-order valence-electron chi connectivity index (χ2n) is 11.6. The van der Waals surface area contributed by atoms with Gasteiger partial charge in [-0.05, 0) is 76.3 Å². The zero-order valence-electron chi connectivity index (χ0n) is 22.8. The second-order valence-corrected chi connectivity index (χ2v) is 12.0.